The Bertz CT molecular complexity index is 954. The predicted octanol–water partition coefficient (Wildman–Crippen LogP) is 4.19. The Morgan fingerprint density at radius 3 is 2.54 bits per heavy atom. The van der Waals surface area contributed by atoms with Crippen LogP contribution >= 0.6 is 23.8 Å². The van der Waals surface area contributed by atoms with Gasteiger partial charge in [-0.05, 0) is 35.8 Å². The highest BCUT2D eigenvalue weighted by molar-refractivity contribution is 7.80. The second-order valence-electron chi connectivity index (χ2n) is 5.53. The van der Waals surface area contributed by atoms with Crippen LogP contribution in [0.3, 0.4) is 0 Å². The molecule has 3 aromatic rings. The molecule has 0 saturated heterocycles. The van der Waals surface area contributed by atoms with Crippen molar-refractivity contribution in [1.29, 1.82) is 0 Å². The van der Waals surface area contributed by atoms with Crippen LogP contribution in [-0.2, 0) is 11.2 Å². The van der Waals surface area contributed by atoms with Gasteiger partial charge in [0.2, 0.25) is 5.91 Å². The largest absolute Gasteiger partial charge is 0.331 e. The summed E-state index contributed by atoms with van der Waals surface area (Å²) < 4.78 is 13.7. The highest BCUT2D eigenvalue weighted by atomic mass is 35.5. The zero-order chi connectivity index (χ0) is 18.5. The number of nitrogens with one attached hydrogen (secondary N) is 3. The van der Waals surface area contributed by atoms with Crippen LogP contribution in [0.4, 0.5) is 10.1 Å². The van der Waals surface area contributed by atoms with Gasteiger partial charge in [0.1, 0.15) is 5.82 Å². The second-order valence-corrected chi connectivity index (χ2v) is 6.35. The summed E-state index contributed by atoms with van der Waals surface area (Å²) in [6, 6.07) is 17.9. The van der Waals surface area contributed by atoms with E-state index in [0.29, 0.717) is 0 Å². The van der Waals surface area contributed by atoms with Crippen molar-refractivity contribution in [3.8, 4) is 0 Å². The quantitative estimate of drug-likeness (QED) is 0.466. The fourth-order valence-electron chi connectivity index (χ4n) is 2.52. The van der Waals surface area contributed by atoms with Gasteiger partial charge in [-0.2, -0.15) is 0 Å². The summed E-state index contributed by atoms with van der Waals surface area (Å²) in [4.78, 5) is 12.0. The van der Waals surface area contributed by atoms with Crippen LogP contribution in [-0.4, -0.2) is 11.0 Å². The van der Waals surface area contributed by atoms with E-state index >= 15 is 0 Å². The third-order valence-electron chi connectivity index (χ3n) is 3.75. The van der Waals surface area contributed by atoms with Crippen LogP contribution < -0.4 is 16.2 Å². The highest BCUT2D eigenvalue weighted by Crippen LogP contribution is 2.22. The summed E-state index contributed by atoms with van der Waals surface area (Å²) in [5.74, 6) is -0.983. The normalized spacial score (nSPS) is 10.4. The van der Waals surface area contributed by atoms with E-state index in [4.69, 9.17) is 23.8 Å². The molecule has 3 N–H and O–H groups in total. The third kappa shape index (κ3) is 4.28. The SMILES string of the molecule is O=C(Cc1c(F)cccc1Cl)NNC(=S)Nc1cccc2ccccc12. The van der Waals surface area contributed by atoms with Gasteiger partial charge in [-0.25, -0.2) is 4.39 Å². The van der Waals surface area contributed by atoms with Gasteiger partial charge in [0.25, 0.3) is 0 Å². The van der Waals surface area contributed by atoms with Gasteiger partial charge in [0.15, 0.2) is 5.11 Å². The van der Waals surface area contributed by atoms with E-state index in [1.807, 2.05) is 42.5 Å². The average Bonchev–Trinajstić information content (AvgIpc) is 2.63. The number of rotatable bonds is 3. The number of fused-ring (bicyclic) bond motifs is 1. The summed E-state index contributed by atoms with van der Waals surface area (Å²) in [6.45, 7) is 0. The minimum Gasteiger partial charge on any atom is -0.331 e. The topological polar surface area (TPSA) is 53.2 Å². The summed E-state index contributed by atoms with van der Waals surface area (Å²) in [5.41, 5.74) is 6.00. The van der Waals surface area contributed by atoms with E-state index < -0.39 is 11.7 Å². The van der Waals surface area contributed by atoms with Crippen LogP contribution in [0.15, 0.2) is 60.7 Å². The Labute approximate surface area is 160 Å². The lowest BCUT2D eigenvalue weighted by atomic mass is 10.1. The van der Waals surface area contributed by atoms with Crippen LogP contribution in [0.25, 0.3) is 10.8 Å². The van der Waals surface area contributed by atoms with Gasteiger partial charge in [-0.3, -0.25) is 15.6 Å². The fourth-order valence-corrected chi connectivity index (χ4v) is 2.91. The van der Waals surface area contributed by atoms with Crippen LogP contribution in [0.5, 0.6) is 0 Å². The molecule has 26 heavy (non-hydrogen) atoms. The van der Waals surface area contributed by atoms with Crippen molar-refractivity contribution in [2.24, 2.45) is 0 Å². The van der Waals surface area contributed by atoms with Crippen molar-refractivity contribution in [3.05, 3.63) is 77.1 Å². The number of benzene rings is 3. The van der Waals surface area contributed by atoms with E-state index in [1.54, 1.807) is 0 Å². The van der Waals surface area contributed by atoms with E-state index in [2.05, 4.69) is 16.2 Å². The Kier molecular flexibility index (Phi) is 5.65. The molecule has 7 heteroatoms. The maximum atomic E-state index is 13.7. The lowest BCUT2D eigenvalue weighted by Gasteiger charge is -2.13. The Morgan fingerprint density at radius 2 is 1.73 bits per heavy atom. The molecule has 0 radical (unpaired) electrons. The number of carbonyl (C=O) groups excluding carboxylic acids is 1. The van der Waals surface area contributed by atoms with Crippen molar-refractivity contribution < 1.29 is 9.18 Å². The molecule has 0 atom stereocenters. The second kappa shape index (κ2) is 8.12. The minimum absolute atomic E-state index is 0.140. The van der Waals surface area contributed by atoms with Crippen molar-refractivity contribution in [1.82, 2.24) is 10.9 Å². The summed E-state index contributed by atoms with van der Waals surface area (Å²) in [5, 5.41) is 5.53. The first-order chi connectivity index (χ1) is 12.5. The summed E-state index contributed by atoms with van der Waals surface area (Å²) in [7, 11) is 0. The molecule has 1 amide bonds. The Hall–Kier alpha value is -2.70. The van der Waals surface area contributed by atoms with E-state index in [1.165, 1.54) is 18.2 Å². The molecule has 0 unspecified atom stereocenters. The molecular formula is C19H15ClFN3OS. The van der Waals surface area contributed by atoms with E-state index in [-0.39, 0.29) is 22.1 Å². The van der Waals surface area contributed by atoms with E-state index in [0.717, 1.165) is 16.5 Å². The van der Waals surface area contributed by atoms with E-state index in [9.17, 15) is 9.18 Å². The maximum absolute atomic E-state index is 13.7. The number of hydrazine groups is 1. The van der Waals surface area contributed by atoms with Crippen LogP contribution in [0, 0.1) is 5.82 Å². The van der Waals surface area contributed by atoms with Crippen LogP contribution in [0.2, 0.25) is 5.02 Å². The monoisotopic (exact) mass is 387 g/mol. The molecule has 3 aromatic carbocycles. The lowest BCUT2D eigenvalue weighted by molar-refractivity contribution is -0.121. The smallest absolute Gasteiger partial charge is 0.242 e. The number of hydrogen-bond donors (Lipinski definition) is 3. The standard InChI is InChI=1S/C19H15ClFN3OS/c20-15-8-4-9-16(21)14(15)11-18(25)23-24-19(26)22-17-10-3-6-12-5-1-2-7-13(12)17/h1-10H,11H2,(H,23,25)(H2,22,24,26). The molecule has 0 spiro atoms. The minimum atomic E-state index is -0.524. The van der Waals surface area contributed by atoms with Crippen molar-refractivity contribution in [2.45, 2.75) is 6.42 Å². The average molecular weight is 388 g/mol. The summed E-state index contributed by atoms with van der Waals surface area (Å²) in [6.07, 6.45) is -0.199. The molecule has 0 fully saturated rings. The van der Waals surface area contributed by atoms with Gasteiger partial charge in [0.05, 0.1) is 6.42 Å². The molecule has 132 valence electrons. The zero-order valence-electron chi connectivity index (χ0n) is 13.6. The Balaban J connectivity index is 1.59. The molecule has 0 bridgehead atoms. The van der Waals surface area contributed by atoms with Gasteiger partial charge in [-0.15, -0.1) is 0 Å². The first-order valence-corrected chi connectivity index (χ1v) is 8.59. The number of hydrogen-bond acceptors (Lipinski definition) is 2. The molecule has 0 aromatic heterocycles. The van der Waals surface area contributed by atoms with Gasteiger partial charge in [-0.1, -0.05) is 54.1 Å². The Morgan fingerprint density at radius 1 is 1.00 bits per heavy atom. The van der Waals surface area contributed by atoms with Crippen molar-refractivity contribution in [3.63, 3.8) is 0 Å². The third-order valence-corrected chi connectivity index (χ3v) is 4.31. The molecular weight excluding hydrogens is 373 g/mol. The molecule has 3 rings (SSSR count). The van der Waals surface area contributed by atoms with Gasteiger partial charge >= 0.3 is 0 Å². The predicted molar refractivity (Wildman–Crippen MR) is 107 cm³/mol. The molecule has 0 aliphatic carbocycles. The lowest BCUT2D eigenvalue weighted by Crippen LogP contribution is -2.44. The number of halogens is 2. The first-order valence-electron chi connectivity index (χ1n) is 7.81. The molecule has 0 heterocycles. The van der Waals surface area contributed by atoms with Gasteiger partial charge < -0.3 is 5.32 Å². The number of anilines is 1. The summed E-state index contributed by atoms with van der Waals surface area (Å²) >= 11 is 11.1. The van der Waals surface area contributed by atoms with Crippen molar-refractivity contribution >= 4 is 51.3 Å². The molecule has 0 saturated carbocycles. The molecule has 0 aliphatic rings. The fraction of sp³-hybridized carbons (Fsp3) is 0.0526. The highest BCUT2D eigenvalue weighted by Gasteiger charge is 2.12. The number of thiocarbonyl (C=S) groups is 1. The van der Waals surface area contributed by atoms with Gasteiger partial charge in [0, 0.05) is 21.7 Å². The van der Waals surface area contributed by atoms with Crippen LogP contribution in [0.1, 0.15) is 5.56 Å². The molecule has 4 nitrogen and oxygen atoms in total. The molecule has 0 aliphatic heterocycles. The number of carbonyl (C=O) groups is 1. The van der Waals surface area contributed by atoms with Crippen molar-refractivity contribution in [2.75, 3.05) is 5.32 Å². The first kappa shape index (κ1) is 18.1. The number of amides is 1. The maximum Gasteiger partial charge on any atom is 0.242 e. The zero-order valence-corrected chi connectivity index (χ0v) is 15.1.